The highest BCUT2D eigenvalue weighted by molar-refractivity contribution is 5.77. The molecule has 13 heavy (non-hydrogen) atoms. The van der Waals surface area contributed by atoms with E-state index in [1.807, 2.05) is 5.01 Å². The second-order valence-corrected chi connectivity index (χ2v) is 3.43. The molecule has 0 aromatic rings. The predicted octanol–water partition coefficient (Wildman–Crippen LogP) is 0.435. The van der Waals surface area contributed by atoms with Crippen molar-refractivity contribution in [2.24, 2.45) is 0 Å². The highest BCUT2D eigenvalue weighted by atomic mass is 16.2. The fourth-order valence-corrected chi connectivity index (χ4v) is 1.43. The number of ketones is 1. The van der Waals surface area contributed by atoms with Crippen molar-refractivity contribution in [1.29, 1.82) is 0 Å². The third-order valence-corrected chi connectivity index (χ3v) is 2.31. The van der Waals surface area contributed by atoms with Gasteiger partial charge in [0.05, 0.1) is 0 Å². The molecule has 0 saturated carbocycles. The summed E-state index contributed by atoms with van der Waals surface area (Å²) in [5, 5.41) is 3.57. The molecule has 0 N–H and O–H groups in total. The monoisotopic (exact) mass is 184 g/mol. The first-order valence-corrected chi connectivity index (χ1v) is 4.62. The Bertz CT molecular complexity index is 216. The highest BCUT2D eigenvalue weighted by Crippen LogP contribution is 2.10. The van der Waals surface area contributed by atoms with Crippen LogP contribution in [0.5, 0.6) is 0 Å². The lowest BCUT2D eigenvalue weighted by molar-refractivity contribution is -0.152. The predicted molar refractivity (Wildman–Crippen MR) is 48.9 cm³/mol. The minimum Gasteiger partial charge on any atom is -0.300 e. The molecule has 0 radical (unpaired) electrons. The van der Waals surface area contributed by atoms with Crippen LogP contribution in [0.1, 0.15) is 26.2 Å². The van der Waals surface area contributed by atoms with E-state index in [0.29, 0.717) is 19.4 Å². The summed E-state index contributed by atoms with van der Waals surface area (Å²) in [7, 11) is 1.77. The first kappa shape index (κ1) is 10.2. The van der Waals surface area contributed by atoms with E-state index in [2.05, 4.69) is 0 Å². The lowest BCUT2D eigenvalue weighted by Gasteiger charge is -2.35. The molecule has 1 heterocycles. The van der Waals surface area contributed by atoms with Crippen molar-refractivity contribution in [3.8, 4) is 0 Å². The smallest absolute Gasteiger partial charge is 0.236 e. The summed E-state index contributed by atoms with van der Waals surface area (Å²) < 4.78 is 0. The lowest BCUT2D eigenvalue weighted by Crippen LogP contribution is -2.48. The number of hydrazine groups is 1. The van der Waals surface area contributed by atoms with Crippen LogP contribution in [0.25, 0.3) is 0 Å². The van der Waals surface area contributed by atoms with E-state index in [0.717, 1.165) is 13.0 Å². The van der Waals surface area contributed by atoms with E-state index >= 15 is 0 Å². The van der Waals surface area contributed by atoms with Crippen LogP contribution in [0, 0.1) is 0 Å². The third-order valence-electron chi connectivity index (χ3n) is 2.31. The topological polar surface area (TPSA) is 40.6 Å². The zero-order valence-electron chi connectivity index (χ0n) is 8.25. The number of nitrogens with zero attached hydrogens (tertiary/aromatic N) is 2. The summed E-state index contributed by atoms with van der Waals surface area (Å²) >= 11 is 0. The molecule has 1 amide bonds. The summed E-state index contributed by atoms with van der Waals surface area (Å²) in [5.41, 5.74) is 0. The fourth-order valence-electron chi connectivity index (χ4n) is 1.43. The van der Waals surface area contributed by atoms with Crippen LogP contribution in [0.3, 0.4) is 0 Å². The fraction of sp³-hybridized carbons (Fsp3) is 0.778. The number of carbonyl (C=O) groups excluding carboxylic acids is 2. The zero-order valence-corrected chi connectivity index (χ0v) is 8.25. The molecular formula is C9H16N2O2. The van der Waals surface area contributed by atoms with E-state index in [1.54, 1.807) is 19.0 Å². The molecular weight excluding hydrogens is 168 g/mol. The molecule has 1 rings (SSSR count). The Morgan fingerprint density at radius 1 is 1.54 bits per heavy atom. The van der Waals surface area contributed by atoms with Crippen molar-refractivity contribution in [2.45, 2.75) is 26.2 Å². The van der Waals surface area contributed by atoms with Crippen LogP contribution >= 0.6 is 0 Å². The summed E-state index contributed by atoms with van der Waals surface area (Å²) in [4.78, 5) is 22.0. The van der Waals surface area contributed by atoms with Crippen LogP contribution in [0.2, 0.25) is 0 Å². The zero-order chi connectivity index (χ0) is 9.84. The molecule has 0 unspecified atom stereocenters. The summed E-state index contributed by atoms with van der Waals surface area (Å²) in [6, 6.07) is 0. The van der Waals surface area contributed by atoms with Gasteiger partial charge in [-0.05, 0) is 13.3 Å². The van der Waals surface area contributed by atoms with Gasteiger partial charge in [0, 0.05) is 33.0 Å². The summed E-state index contributed by atoms with van der Waals surface area (Å²) in [6.45, 7) is 3.12. The first-order valence-electron chi connectivity index (χ1n) is 4.62. The Balaban J connectivity index is 2.39. The molecule has 1 fully saturated rings. The summed E-state index contributed by atoms with van der Waals surface area (Å²) in [5.74, 6) is 0.321. The van der Waals surface area contributed by atoms with E-state index in [1.165, 1.54) is 0 Å². The Kier molecular flexibility index (Phi) is 3.42. The molecule has 1 aliphatic heterocycles. The molecule has 0 aromatic carbocycles. The third kappa shape index (κ3) is 2.81. The van der Waals surface area contributed by atoms with Crippen molar-refractivity contribution in [3.05, 3.63) is 0 Å². The van der Waals surface area contributed by atoms with Gasteiger partial charge in [-0.15, -0.1) is 0 Å². The number of hydrogen-bond acceptors (Lipinski definition) is 3. The number of Topliss-reactive ketones (excluding diaryl/α,β-unsaturated/α-hetero) is 1. The van der Waals surface area contributed by atoms with Gasteiger partial charge in [-0.3, -0.25) is 14.6 Å². The van der Waals surface area contributed by atoms with Crippen LogP contribution < -0.4 is 0 Å². The van der Waals surface area contributed by atoms with Crippen molar-refractivity contribution < 1.29 is 9.59 Å². The maximum Gasteiger partial charge on any atom is 0.236 e. The largest absolute Gasteiger partial charge is 0.300 e. The molecule has 0 atom stereocenters. The second-order valence-electron chi connectivity index (χ2n) is 3.43. The summed E-state index contributed by atoms with van der Waals surface area (Å²) in [6.07, 6.45) is 2.06. The van der Waals surface area contributed by atoms with Crippen molar-refractivity contribution in [1.82, 2.24) is 10.0 Å². The van der Waals surface area contributed by atoms with E-state index in [-0.39, 0.29) is 11.7 Å². The van der Waals surface area contributed by atoms with Gasteiger partial charge >= 0.3 is 0 Å². The Hall–Kier alpha value is -0.900. The maximum absolute atomic E-state index is 11.2. The van der Waals surface area contributed by atoms with Gasteiger partial charge in [0.1, 0.15) is 5.78 Å². The van der Waals surface area contributed by atoms with Crippen LogP contribution in [-0.4, -0.2) is 41.8 Å². The van der Waals surface area contributed by atoms with Crippen LogP contribution in [0.15, 0.2) is 0 Å². The van der Waals surface area contributed by atoms with Gasteiger partial charge in [-0.1, -0.05) is 0 Å². The molecule has 74 valence electrons. The normalized spacial score (nSPS) is 19.2. The van der Waals surface area contributed by atoms with E-state index in [9.17, 15) is 9.59 Å². The Morgan fingerprint density at radius 2 is 2.23 bits per heavy atom. The molecule has 0 bridgehead atoms. The van der Waals surface area contributed by atoms with Gasteiger partial charge in [-0.25, -0.2) is 5.01 Å². The molecule has 1 saturated heterocycles. The molecule has 4 heteroatoms. The number of hydrogen-bond donors (Lipinski definition) is 0. The minimum atomic E-state index is 0.148. The van der Waals surface area contributed by atoms with Gasteiger partial charge < -0.3 is 0 Å². The molecule has 0 aromatic heterocycles. The number of carbonyl (C=O) groups is 2. The van der Waals surface area contributed by atoms with Gasteiger partial charge in [-0.2, -0.15) is 0 Å². The number of amides is 1. The van der Waals surface area contributed by atoms with Gasteiger partial charge in [0.25, 0.3) is 0 Å². The standard InChI is InChI=1S/C9H16N2O2/c1-8(12)5-7-11-6-3-4-9(13)10(11)2/h3-7H2,1-2H3. The van der Waals surface area contributed by atoms with Crippen LogP contribution in [0.4, 0.5) is 0 Å². The van der Waals surface area contributed by atoms with Crippen molar-refractivity contribution in [3.63, 3.8) is 0 Å². The average molecular weight is 184 g/mol. The molecule has 0 aliphatic carbocycles. The van der Waals surface area contributed by atoms with E-state index < -0.39 is 0 Å². The SMILES string of the molecule is CC(=O)CCN1CCCC(=O)N1C. The number of rotatable bonds is 3. The Morgan fingerprint density at radius 3 is 2.85 bits per heavy atom. The highest BCUT2D eigenvalue weighted by Gasteiger charge is 2.21. The molecule has 0 spiro atoms. The maximum atomic E-state index is 11.2. The average Bonchev–Trinajstić information content (AvgIpc) is 2.07. The van der Waals surface area contributed by atoms with E-state index in [4.69, 9.17) is 0 Å². The van der Waals surface area contributed by atoms with Crippen molar-refractivity contribution >= 4 is 11.7 Å². The molecule has 1 aliphatic rings. The lowest BCUT2D eigenvalue weighted by atomic mass is 10.2. The second kappa shape index (κ2) is 4.37. The van der Waals surface area contributed by atoms with Gasteiger partial charge in [0.15, 0.2) is 0 Å². The Labute approximate surface area is 78.5 Å². The van der Waals surface area contributed by atoms with Crippen molar-refractivity contribution in [2.75, 3.05) is 20.1 Å². The quantitative estimate of drug-likeness (QED) is 0.639. The first-order chi connectivity index (χ1) is 6.11. The van der Waals surface area contributed by atoms with Gasteiger partial charge in [0.2, 0.25) is 5.91 Å². The molecule has 4 nitrogen and oxygen atoms in total. The van der Waals surface area contributed by atoms with Crippen LogP contribution in [-0.2, 0) is 9.59 Å². The minimum absolute atomic E-state index is 0.148.